The minimum atomic E-state index is -3.46. The minimum absolute atomic E-state index is 0.209. The molecule has 7 heteroatoms. The number of hydrogen-bond donors (Lipinski definition) is 1. The van der Waals surface area contributed by atoms with Gasteiger partial charge in [0.25, 0.3) is 5.91 Å². The number of benzene rings is 2. The molecule has 166 valence electrons. The first-order valence-corrected chi connectivity index (χ1v) is 12.6. The van der Waals surface area contributed by atoms with Crippen LogP contribution in [-0.2, 0) is 16.6 Å². The fourth-order valence-electron chi connectivity index (χ4n) is 4.39. The molecule has 1 atom stereocenters. The number of nitrogens with zero attached hydrogens (tertiary/aromatic N) is 2. The standard InChI is InChI=1S/C24H31N3O3S/c1-19-5-4-14-26(18-19)22-10-6-20(7-11-22)17-25-24(28)21-8-12-23(13-9-21)31(29,30)27-15-2-3-16-27/h6-13,19H,2-5,14-18H2,1H3,(H,25,28). The largest absolute Gasteiger partial charge is 0.371 e. The summed E-state index contributed by atoms with van der Waals surface area (Å²) in [6, 6.07) is 14.6. The van der Waals surface area contributed by atoms with Gasteiger partial charge in [-0.05, 0) is 73.6 Å². The van der Waals surface area contributed by atoms with Crippen LogP contribution in [0, 0.1) is 5.92 Å². The van der Waals surface area contributed by atoms with Crippen molar-refractivity contribution in [1.82, 2.24) is 9.62 Å². The van der Waals surface area contributed by atoms with E-state index in [2.05, 4.69) is 41.4 Å². The highest BCUT2D eigenvalue weighted by molar-refractivity contribution is 7.89. The number of anilines is 1. The molecule has 2 fully saturated rings. The van der Waals surface area contributed by atoms with Crippen molar-refractivity contribution >= 4 is 21.6 Å². The molecule has 1 N–H and O–H groups in total. The summed E-state index contributed by atoms with van der Waals surface area (Å²) in [5.41, 5.74) is 2.73. The number of sulfonamides is 1. The Labute approximate surface area is 185 Å². The highest BCUT2D eigenvalue weighted by atomic mass is 32.2. The summed E-state index contributed by atoms with van der Waals surface area (Å²) in [6.45, 7) is 6.07. The van der Waals surface area contributed by atoms with Crippen LogP contribution in [0.25, 0.3) is 0 Å². The van der Waals surface area contributed by atoms with E-state index in [4.69, 9.17) is 0 Å². The number of hydrogen-bond acceptors (Lipinski definition) is 4. The third-order valence-corrected chi connectivity index (χ3v) is 8.14. The van der Waals surface area contributed by atoms with Crippen LogP contribution in [0.2, 0.25) is 0 Å². The lowest BCUT2D eigenvalue weighted by Gasteiger charge is -2.32. The predicted octanol–water partition coefficient (Wildman–Crippen LogP) is 3.64. The molecule has 2 aromatic rings. The van der Waals surface area contributed by atoms with Gasteiger partial charge in [0.05, 0.1) is 4.90 Å². The maximum atomic E-state index is 12.6. The molecule has 6 nitrogen and oxygen atoms in total. The molecular formula is C24H31N3O3S. The lowest BCUT2D eigenvalue weighted by atomic mass is 9.99. The van der Waals surface area contributed by atoms with Crippen LogP contribution in [0.4, 0.5) is 5.69 Å². The number of piperidine rings is 1. The summed E-state index contributed by atoms with van der Waals surface area (Å²) >= 11 is 0. The van der Waals surface area contributed by atoms with E-state index in [1.807, 2.05) is 0 Å². The van der Waals surface area contributed by atoms with Crippen LogP contribution in [-0.4, -0.2) is 44.8 Å². The molecule has 0 saturated carbocycles. The van der Waals surface area contributed by atoms with Gasteiger partial charge in [-0.2, -0.15) is 4.31 Å². The highest BCUT2D eigenvalue weighted by Crippen LogP contribution is 2.23. The van der Waals surface area contributed by atoms with E-state index in [1.54, 1.807) is 12.1 Å². The van der Waals surface area contributed by atoms with Gasteiger partial charge < -0.3 is 10.2 Å². The number of carbonyl (C=O) groups is 1. The first-order valence-electron chi connectivity index (χ1n) is 11.2. The van der Waals surface area contributed by atoms with Crippen molar-refractivity contribution in [3.05, 3.63) is 59.7 Å². The Bertz CT molecular complexity index is 997. The molecular weight excluding hydrogens is 410 g/mol. The molecule has 1 unspecified atom stereocenters. The molecule has 4 rings (SSSR count). The zero-order chi connectivity index (χ0) is 21.8. The van der Waals surface area contributed by atoms with Gasteiger partial charge in [-0.1, -0.05) is 19.1 Å². The van der Waals surface area contributed by atoms with Crippen LogP contribution in [0.3, 0.4) is 0 Å². The van der Waals surface area contributed by atoms with E-state index in [-0.39, 0.29) is 10.8 Å². The van der Waals surface area contributed by atoms with Gasteiger partial charge in [0, 0.05) is 44.0 Å². The smallest absolute Gasteiger partial charge is 0.251 e. The van der Waals surface area contributed by atoms with Crippen LogP contribution in [0.1, 0.15) is 48.5 Å². The van der Waals surface area contributed by atoms with E-state index in [0.717, 1.165) is 37.4 Å². The average Bonchev–Trinajstić information content (AvgIpc) is 3.34. The number of amides is 1. The SMILES string of the molecule is CC1CCCN(c2ccc(CNC(=O)c3ccc(S(=O)(=O)N4CCCC4)cc3)cc2)C1. The monoisotopic (exact) mass is 441 g/mol. The molecule has 31 heavy (non-hydrogen) atoms. The van der Waals surface area contributed by atoms with Gasteiger partial charge in [0.2, 0.25) is 10.0 Å². The van der Waals surface area contributed by atoms with Gasteiger partial charge in [-0.3, -0.25) is 4.79 Å². The van der Waals surface area contributed by atoms with Crippen molar-refractivity contribution in [3.8, 4) is 0 Å². The predicted molar refractivity (Wildman–Crippen MR) is 123 cm³/mol. The van der Waals surface area contributed by atoms with Gasteiger partial charge in [0.1, 0.15) is 0 Å². The van der Waals surface area contributed by atoms with Gasteiger partial charge in [-0.15, -0.1) is 0 Å². The van der Waals surface area contributed by atoms with Crippen LogP contribution < -0.4 is 10.2 Å². The van der Waals surface area contributed by atoms with Crippen molar-refractivity contribution in [3.63, 3.8) is 0 Å². The lowest BCUT2D eigenvalue weighted by molar-refractivity contribution is 0.0951. The van der Waals surface area contributed by atoms with Crippen molar-refractivity contribution < 1.29 is 13.2 Å². The topological polar surface area (TPSA) is 69.7 Å². The van der Waals surface area contributed by atoms with Crippen molar-refractivity contribution in [1.29, 1.82) is 0 Å². The van der Waals surface area contributed by atoms with E-state index in [9.17, 15) is 13.2 Å². The Hall–Kier alpha value is -2.38. The molecule has 0 radical (unpaired) electrons. The van der Waals surface area contributed by atoms with Crippen LogP contribution in [0.5, 0.6) is 0 Å². The number of rotatable bonds is 6. The van der Waals surface area contributed by atoms with Gasteiger partial charge >= 0.3 is 0 Å². The zero-order valence-electron chi connectivity index (χ0n) is 18.1. The average molecular weight is 442 g/mol. The normalized spacial score (nSPS) is 20.0. The summed E-state index contributed by atoms with van der Waals surface area (Å²) < 4.78 is 26.7. The lowest BCUT2D eigenvalue weighted by Crippen LogP contribution is -2.34. The Kier molecular flexibility index (Phi) is 6.62. The van der Waals surface area contributed by atoms with Crippen molar-refractivity contribution in [2.75, 3.05) is 31.1 Å². The maximum absolute atomic E-state index is 12.6. The summed E-state index contributed by atoms with van der Waals surface area (Å²) in [5.74, 6) is 0.517. The second-order valence-corrected chi connectivity index (χ2v) is 10.6. The quantitative estimate of drug-likeness (QED) is 0.743. The fraction of sp³-hybridized carbons (Fsp3) is 0.458. The second-order valence-electron chi connectivity index (χ2n) is 8.68. The number of nitrogens with one attached hydrogen (secondary N) is 1. The molecule has 2 aromatic carbocycles. The maximum Gasteiger partial charge on any atom is 0.251 e. The number of carbonyl (C=O) groups excluding carboxylic acids is 1. The van der Waals surface area contributed by atoms with Crippen molar-refractivity contribution in [2.45, 2.75) is 44.0 Å². The van der Waals surface area contributed by atoms with E-state index in [1.165, 1.54) is 35.0 Å². The second kappa shape index (κ2) is 9.40. The van der Waals surface area contributed by atoms with E-state index >= 15 is 0 Å². The molecule has 2 heterocycles. The molecule has 2 aliphatic rings. The minimum Gasteiger partial charge on any atom is -0.371 e. The van der Waals surface area contributed by atoms with E-state index < -0.39 is 10.0 Å². The molecule has 0 spiro atoms. The van der Waals surface area contributed by atoms with Gasteiger partial charge in [0.15, 0.2) is 0 Å². The third kappa shape index (κ3) is 5.10. The molecule has 0 aromatic heterocycles. The Morgan fingerprint density at radius 1 is 0.968 bits per heavy atom. The first-order chi connectivity index (χ1) is 14.9. The van der Waals surface area contributed by atoms with E-state index in [0.29, 0.717) is 25.2 Å². The Morgan fingerprint density at radius 2 is 1.65 bits per heavy atom. The summed E-state index contributed by atoms with van der Waals surface area (Å²) in [5, 5.41) is 2.92. The van der Waals surface area contributed by atoms with Gasteiger partial charge in [-0.25, -0.2) is 8.42 Å². The summed E-state index contributed by atoms with van der Waals surface area (Å²) in [7, 11) is -3.46. The Balaban J connectivity index is 1.33. The van der Waals surface area contributed by atoms with Crippen molar-refractivity contribution in [2.24, 2.45) is 5.92 Å². The summed E-state index contributed by atoms with van der Waals surface area (Å²) in [4.78, 5) is 15.2. The third-order valence-electron chi connectivity index (χ3n) is 6.23. The van der Waals surface area contributed by atoms with Crippen LogP contribution >= 0.6 is 0 Å². The summed E-state index contributed by atoms with van der Waals surface area (Å²) in [6.07, 6.45) is 4.33. The first kappa shape index (κ1) is 21.8. The Morgan fingerprint density at radius 3 is 2.29 bits per heavy atom. The molecule has 0 aliphatic carbocycles. The molecule has 2 saturated heterocycles. The highest BCUT2D eigenvalue weighted by Gasteiger charge is 2.27. The molecule has 2 aliphatic heterocycles. The molecule has 0 bridgehead atoms. The zero-order valence-corrected chi connectivity index (χ0v) is 18.9. The fourth-order valence-corrected chi connectivity index (χ4v) is 5.91. The molecule has 1 amide bonds. The van der Waals surface area contributed by atoms with Crippen LogP contribution in [0.15, 0.2) is 53.4 Å².